The summed E-state index contributed by atoms with van der Waals surface area (Å²) >= 11 is 0. The van der Waals surface area contributed by atoms with Gasteiger partial charge < -0.3 is 15.7 Å². The number of hydrogen-bond donors (Lipinski definition) is 3. The molecule has 0 aromatic rings. The van der Waals surface area contributed by atoms with Crippen LogP contribution in [-0.2, 0) is 4.79 Å². The third kappa shape index (κ3) is 5.50. The molecule has 1 amide bonds. The summed E-state index contributed by atoms with van der Waals surface area (Å²) in [5.74, 6) is -0.0206. The summed E-state index contributed by atoms with van der Waals surface area (Å²) in [5, 5.41) is 15.2. The van der Waals surface area contributed by atoms with Crippen LogP contribution in [0.3, 0.4) is 0 Å². The highest BCUT2D eigenvalue weighted by Crippen LogP contribution is 2.22. The molecule has 17 heavy (non-hydrogen) atoms. The molecule has 0 aromatic heterocycles. The molecule has 0 aliphatic carbocycles. The van der Waals surface area contributed by atoms with E-state index in [-0.39, 0.29) is 24.0 Å². The van der Waals surface area contributed by atoms with E-state index >= 15 is 0 Å². The Bertz CT molecular complexity index is 244. The third-order valence-electron chi connectivity index (χ3n) is 2.95. The van der Waals surface area contributed by atoms with Gasteiger partial charge >= 0.3 is 0 Å². The largest absolute Gasteiger partial charge is 0.396 e. The first-order chi connectivity index (χ1) is 7.65. The van der Waals surface area contributed by atoms with Crippen molar-refractivity contribution < 1.29 is 9.90 Å². The Labute approximate surface area is 105 Å². The van der Waals surface area contributed by atoms with Crippen molar-refractivity contribution in [2.45, 2.75) is 59.5 Å². The summed E-state index contributed by atoms with van der Waals surface area (Å²) in [7, 11) is 0. The van der Waals surface area contributed by atoms with Crippen molar-refractivity contribution in [3.05, 3.63) is 0 Å². The second-order valence-corrected chi connectivity index (χ2v) is 6.06. The molecule has 4 heteroatoms. The number of carbonyl (C=O) groups excluding carboxylic acids is 1. The van der Waals surface area contributed by atoms with Gasteiger partial charge in [0.25, 0.3) is 0 Å². The fourth-order valence-corrected chi connectivity index (χ4v) is 1.71. The van der Waals surface area contributed by atoms with E-state index in [1.54, 1.807) is 0 Å². The SMILES string of the molecule is CCNC(C)(C)C(=O)NC(CCO)C(C)(C)C. The van der Waals surface area contributed by atoms with Crippen LogP contribution in [-0.4, -0.2) is 35.7 Å². The first kappa shape index (κ1) is 16.4. The van der Waals surface area contributed by atoms with Gasteiger partial charge in [-0.1, -0.05) is 27.7 Å². The number of nitrogens with one attached hydrogen (secondary N) is 2. The second kappa shape index (κ2) is 6.36. The van der Waals surface area contributed by atoms with Gasteiger partial charge in [-0.15, -0.1) is 0 Å². The Morgan fingerprint density at radius 2 is 1.76 bits per heavy atom. The van der Waals surface area contributed by atoms with Crippen molar-refractivity contribution in [2.24, 2.45) is 5.41 Å². The molecule has 0 aliphatic rings. The van der Waals surface area contributed by atoms with Crippen LogP contribution in [0.4, 0.5) is 0 Å². The molecule has 0 aliphatic heterocycles. The Morgan fingerprint density at radius 1 is 1.24 bits per heavy atom. The van der Waals surface area contributed by atoms with Crippen LogP contribution >= 0.6 is 0 Å². The zero-order valence-corrected chi connectivity index (χ0v) is 12.1. The number of hydrogen-bond acceptors (Lipinski definition) is 3. The predicted molar refractivity (Wildman–Crippen MR) is 70.8 cm³/mol. The average molecular weight is 244 g/mol. The Morgan fingerprint density at radius 3 is 2.12 bits per heavy atom. The molecule has 0 spiro atoms. The lowest BCUT2D eigenvalue weighted by Gasteiger charge is -2.34. The minimum absolute atomic E-state index is 0.0158. The molecular formula is C13H28N2O2. The fourth-order valence-electron chi connectivity index (χ4n) is 1.71. The van der Waals surface area contributed by atoms with Gasteiger partial charge in [-0.2, -0.15) is 0 Å². The van der Waals surface area contributed by atoms with E-state index in [9.17, 15) is 4.79 Å². The van der Waals surface area contributed by atoms with Gasteiger partial charge in [0.15, 0.2) is 0 Å². The normalized spacial score (nSPS) is 14.5. The summed E-state index contributed by atoms with van der Waals surface area (Å²) in [6.45, 7) is 12.7. The van der Waals surface area contributed by atoms with Gasteiger partial charge in [0.1, 0.15) is 0 Å². The second-order valence-electron chi connectivity index (χ2n) is 6.06. The summed E-state index contributed by atoms with van der Waals surface area (Å²) in [4.78, 5) is 12.1. The maximum absolute atomic E-state index is 12.1. The van der Waals surface area contributed by atoms with Crippen LogP contribution in [0.25, 0.3) is 0 Å². The van der Waals surface area contributed by atoms with Crippen LogP contribution in [0.1, 0.15) is 48.0 Å². The monoisotopic (exact) mass is 244 g/mol. The Hall–Kier alpha value is -0.610. The van der Waals surface area contributed by atoms with Crippen molar-refractivity contribution in [2.75, 3.05) is 13.2 Å². The molecule has 0 fully saturated rings. The lowest BCUT2D eigenvalue weighted by Crippen LogP contribution is -2.57. The molecule has 0 aromatic carbocycles. The van der Waals surface area contributed by atoms with Gasteiger partial charge in [-0.3, -0.25) is 4.79 Å². The summed E-state index contributed by atoms with van der Waals surface area (Å²) in [5.41, 5.74) is -0.631. The zero-order valence-electron chi connectivity index (χ0n) is 12.1. The molecule has 102 valence electrons. The molecule has 4 nitrogen and oxygen atoms in total. The number of carbonyl (C=O) groups is 1. The van der Waals surface area contributed by atoms with E-state index in [0.29, 0.717) is 6.42 Å². The molecule has 0 saturated heterocycles. The maximum atomic E-state index is 12.1. The van der Waals surface area contributed by atoms with E-state index in [0.717, 1.165) is 6.54 Å². The van der Waals surface area contributed by atoms with E-state index in [4.69, 9.17) is 5.11 Å². The number of amides is 1. The van der Waals surface area contributed by atoms with E-state index < -0.39 is 5.54 Å². The van der Waals surface area contributed by atoms with Crippen LogP contribution in [0.2, 0.25) is 0 Å². The predicted octanol–water partition coefficient (Wildman–Crippen LogP) is 1.29. The van der Waals surface area contributed by atoms with Crippen molar-refractivity contribution in [3.8, 4) is 0 Å². The average Bonchev–Trinajstić information content (AvgIpc) is 2.15. The highest BCUT2D eigenvalue weighted by atomic mass is 16.3. The first-order valence-electron chi connectivity index (χ1n) is 6.32. The zero-order chi connectivity index (χ0) is 13.7. The minimum atomic E-state index is -0.576. The number of aliphatic hydroxyl groups is 1. The van der Waals surface area contributed by atoms with Gasteiger partial charge in [-0.25, -0.2) is 0 Å². The summed E-state index contributed by atoms with van der Waals surface area (Å²) < 4.78 is 0. The molecule has 0 bridgehead atoms. The van der Waals surface area contributed by atoms with Crippen LogP contribution < -0.4 is 10.6 Å². The van der Waals surface area contributed by atoms with Crippen molar-refractivity contribution >= 4 is 5.91 Å². The lowest BCUT2D eigenvalue weighted by atomic mass is 9.84. The molecule has 0 rings (SSSR count). The lowest BCUT2D eigenvalue weighted by molar-refractivity contribution is -0.128. The van der Waals surface area contributed by atoms with E-state index in [2.05, 4.69) is 31.4 Å². The highest BCUT2D eigenvalue weighted by molar-refractivity contribution is 5.85. The molecule has 0 heterocycles. The smallest absolute Gasteiger partial charge is 0.239 e. The van der Waals surface area contributed by atoms with Crippen molar-refractivity contribution in [1.82, 2.24) is 10.6 Å². The van der Waals surface area contributed by atoms with Gasteiger partial charge in [0, 0.05) is 12.6 Å². The molecule has 0 saturated carbocycles. The molecular weight excluding hydrogens is 216 g/mol. The molecule has 0 radical (unpaired) electrons. The molecule has 3 N–H and O–H groups in total. The maximum Gasteiger partial charge on any atom is 0.239 e. The topological polar surface area (TPSA) is 61.4 Å². The first-order valence-corrected chi connectivity index (χ1v) is 6.32. The summed E-state index contributed by atoms with van der Waals surface area (Å²) in [6, 6.07) is -0.0158. The number of aliphatic hydroxyl groups excluding tert-OH is 1. The minimum Gasteiger partial charge on any atom is -0.396 e. The molecule has 1 atom stereocenters. The number of likely N-dealkylation sites (N-methyl/N-ethyl adjacent to an activating group) is 1. The van der Waals surface area contributed by atoms with Crippen LogP contribution in [0.5, 0.6) is 0 Å². The van der Waals surface area contributed by atoms with E-state index in [1.807, 2.05) is 20.8 Å². The van der Waals surface area contributed by atoms with E-state index in [1.165, 1.54) is 0 Å². The Kier molecular flexibility index (Phi) is 6.13. The van der Waals surface area contributed by atoms with Crippen LogP contribution in [0, 0.1) is 5.41 Å². The van der Waals surface area contributed by atoms with Gasteiger partial charge in [0.2, 0.25) is 5.91 Å². The highest BCUT2D eigenvalue weighted by Gasteiger charge is 2.32. The Balaban J connectivity index is 4.61. The molecule has 1 unspecified atom stereocenters. The summed E-state index contributed by atoms with van der Waals surface area (Å²) in [6.07, 6.45) is 0.581. The quantitative estimate of drug-likeness (QED) is 0.660. The van der Waals surface area contributed by atoms with Crippen molar-refractivity contribution in [3.63, 3.8) is 0 Å². The van der Waals surface area contributed by atoms with Crippen LogP contribution in [0.15, 0.2) is 0 Å². The fraction of sp³-hybridized carbons (Fsp3) is 0.923. The standard InChI is InChI=1S/C13H28N2O2/c1-7-14-13(5,6)11(17)15-10(8-9-16)12(2,3)4/h10,14,16H,7-9H2,1-6H3,(H,15,17). The van der Waals surface area contributed by atoms with Gasteiger partial charge in [0.05, 0.1) is 5.54 Å². The van der Waals surface area contributed by atoms with Crippen molar-refractivity contribution in [1.29, 1.82) is 0 Å². The van der Waals surface area contributed by atoms with Gasteiger partial charge in [-0.05, 0) is 32.2 Å². The third-order valence-corrected chi connectivity index (χ3v) is 2.95. The number of rotatable bonds is 6.